The van der Waals surface area contributed by atoms with Gasteiger partial charge in [0, 0.05) is 42.9 Å². The first-order valence-electron chi connectivity index (χ1n) is 6.53. The summed E-state index contributed by atoms with van der Waals surface area (Å²) in [5.41, 5.74) is 3.05. The van der Waals surface area contributed by atoms with Gasteiger partial charge in [0.1, 0.15) is 0 Å². The Balaban J connectivity index is 1.69. The van der Waals surface area contributed by atoms with Gasteiger partial charge in [-0.3, -0.25) is 4.90 Å². The second-order valence-electron chi connectivity index (χ2n) is 5.10. The standard InChI is InChI=1S/C14H20N2S/c1-11-8-13-9-12(2-3-14(13)17-11)10-16-6-4-15-5-7-16/h2-3,9,11,15H,4-8,10H2,1H3. The maximum Gasteiger partial charge on any atom is 0.0234 e. The van der Waals surface area contributed by atoms with Crippen molar-refractivity contribution in [3.8, 4) is 0 Å². The van der Waals surface area contributed by atoms with Gasteiger partial charge in [0.05, 0.1) is 0 Å². The highest BCUT2D eigenvalue weighted by molar-refractivity contribution is 8.00. The molecule has 0 aromatic heterocycles. The van der Waals surface area contributed by atoms with Crippen molar-refractivity contribution in [2.24, 2.45) is 0 Å². The molecule has 2 aliphatic rings. The lowest BCUT2D eigenvalue weighted by molar-refractivity contribution is 0.233. The van der Waals surface area contributed by atoms with Crippen molar-refractivity contribution in [1.82, 2.24) is 10.2 Å². The average Bonchev–Trinajstić information content (AvgIpc) is 2.70. The van der Waals surface area contributed by atoms with Gasteiger partial charge in [0.2, 0.25) is 0 Å². The molecule has 2 heterocycles. The van der Waals surface area contributed by atoms with Crippen LogP contribution in [0.2, 0.25) is 0 Å². The molecule has 3 heteroatoms. The molecule has 0 saturated carbocycles. The van der Waals surface area contributed by atoms with E-state index >= 15 is 0 Å². The minimum atomic E-state index is 0.763. The largest absolute Gasteiger partial charge is 0.314 e. The second kappa shape index (κ2) is 5.01. The van der Waals surface area contributed by atoms with E-state index in [4.69, 9.17) is 0 Å². The third-order valence-corrected chi connectivity index (χ3v) is 4.80. The molecule has 1 N–H and O–H groups in total. The van der Waals surface area contributed by atoms with Gasteiger partial charge in [-0.25, -0.2) is 0 Å². The predicted molar refractivity (Wildman–Crippen MR) is 73.6 cm³/mol. The van der Waals surface area contributed by atoms with Crippen molar-refractivity contribution in [2.75, 3.05) is 26.2 Å². The van der Waals surface area contributed by atoms with Crippen LogP contribution in [0.1, 0.15) is 18.1 Å². The fourth-order valence-corrected chi connectivity index (χ4v) is 3.84. The molecule has 1 aromatic rings. The molecule has 1 saturated heterocycles. The van der Waals surface area contributed by atoms with Crippen molar-refractivity contribution in [3.05, 3.63) is 29.3 Å². The van der Waals surface area contributed by atoms with Crippen molar-refractivity contribution >= 4 is 11.8 Å². The normalized spacial score (nSPS) is 24.9. The molecule has 1 fully saturated rings. The maximum atomic E-state index is 3.40. The van der Waals surface area contributed by atoms with Crippen LogP contribution in [0.15, 0.2) is 23.1 Å². The Bertz CT molecular complexity index is 399. The lowest BCUT2D eigenvalue weighted by atomic mass is 10.1. The van der Waals surface area contributed by atoms with Gasteiger partial charge in [0.15, 0.2) is 0 Å². The minimum Gasteiger partial charge on any atom is -0.314 e. The van der Waals surface area contributed by atoms with Crippen LogP contribution in [0.3, 0.4) is 0 Å². The van der Waals surface area contributed by atoms with E-state index in [9.17, 15) is 0 Å². The first-order valence-corrected chi connectivity index (χ1v) is 7.41. The van der Waals surface area contributed by atoms with Crippen molar-refractivity contribution in [3.63, 3.8) is 0 Å². The fraction of sp³-hybridized carbons (Fsp3) is 0.571. The summed E-state index contributed by atoms with van der Waals surface area (Å²) in [5.74, 6) is 0. The molecule has 0 amide bonds. The number of fused-ring (bicyclic) bond motifs is 1. The summed E-state index contributed by atoms with van der Waals surface area (Å²) in [4.78, 5) is 4.05. The van der Waals surface area contributed by atoms with Gasteiger partial charge < -0.3 is 5.32 Å². The smallest absolute Gasteiger partial charge is 0.0234 e. The van der Waals surface area contributed by atoms with E-state index in [0.717, 1.165) is 24.9 Å². The van der Waals surface area contributed by atoms with Gasteiger partial charge in [-0.05, 0) is 23.6 Å². The minimum absolute atomic E-state index is 0.763. The van der Waals surface area contributed by atoms with Crippen molar-refractivity contribution in [2.45, 2.75) is 30.0 Å². The summed E-state index contributed by atoms with van der Waals surface area (Å²) >= 11 is 2.02. The van der Waals surface area contributed by atoms with Crippen LogP contribution in [0.4, 0.5) is 0 Å². The van der Waals surface area contributed by atoms with Crippen LogP contribution in [0.25, 0.3) is 0 Å². The van der Waals surface area contributed by atoms with Gasteiger partial charge in [-0.1, -0.05) is 19.1 Å². The summed E-state index contributed by atoms with van der Waals surface area (Å²) in [7, 11) is 0. The van der Waals surface area contributed by atoms with Crippen LogP contribution in [-0.4, -0.2) is 36.3 Å². The van der Waals surface area contributed by atoms with Crippen LogP contribution in [0, 0.1) is 0 Å². The molecule has 1 atom stereocenters. The van der Waals surface area contributed by atoms with E-state index in [2.05, 4.69) is 35.3 Å². The summed E-state index contributed by atoms with van der Waals surface area (Å²) in [6.07, 6.45) is 1.25. The molecule has 17 heavy (non-hydrogen) atoms. The third kappa shape index (κ3) is 2.67. The number of piperazine rings is 1. The number of hydrogen-bond donors (Lipinski definition) is 1. The molecule has 0 spiro atoms. The Morgan fingerprint density at radius 2 is 2.18 bits per heavy atom. The molecule has 92 valence electrons. The van der Waals surface area contributed by atoms with E-state index in [1.165, 1.54) is 30.0 Å². The first-order chi connectivity index (χ1) is 8.31. The predicted octanol–water partition coefficient (Wildman–Crippen LogP) is 2.13. The summed E-state index contributed by atoms with van der Waals surface area (Å²) < 4.78 is 0. The maximum absolute atomic E-state index is 3.40. The Morgan fingerprint density at radius 1 is 1.35 bits per heavy atom. The Morgan fingerprint density at radius 3 is 3.00 bits per heavy atom. The van der Waals surface area contributed by atoms with E-state index in [0.29, 0.717) is 0 Å². The summed E-state index contributed by atoms with van der Waals surface area (Å²) in [6, 6.07) is 7.06. The lowest BCUT2D eigenvalue weighted by Crippen LogP contribution is -2.42. The number of hydrogen-bond acceptors (Lipinski definition) is 3. The zero-order valence-electron chi connectivity index (χ0n) is 10.4. The number of nitrogens with one attached hydrogen (secondary N) is 1. The Labute approximate surface area is 108 Å². The lowest BCUT2D eigenvalue weighted by Gasteiger charge is -2.27. The van der Waals surface area contributed by atoms with Gasteiger partial charge in [-0.2, -0.15) is 0 Å². The molecule has 1 unspecified atom stereocenters. The van der Waals surface area contributed by atoms with Crippen LogP contribution in [-0.2, 0) is 13.0 Å². The molecule has 2 nitrogen and oxygen atoms in total. The van der Waals surface area contributed by atoms with E-state index in [1.54, 1.807) is 5.56 Å². The highest BCUT2D eigenvalue weighted by Crippen LogP contribution is 2.37. The van der Waals surface area contributed by atoms with Crippen LogP contribution >= 0.6 is 11.8 Å². The van der Waals surface area contributed by atoms with E-state index in [1.807, 2.05) is 11.8 Å². The number of rotatable bonds is 2. The van der Waals surface area contributed by atoms with E-state index < -0.39 is 0 Å². The molecule has 2 aliphatic heterocycles. The quantitative estimate of drug-likeness (QED) is 0.863. The number of benzene rings is 1. The van der Waals surface area contributed by atoms with Gasteiger partial charge in [0.25, 0.3) is 0 Å². The molecule has 0 bridgehead atoms. The number of nitrogens with zero attached hydrogens (tertiary/aromatic N) is 1. The van der Waals surface area contributed by atoms with Crippen LogP contribution in [0.5, 0.6) is 0 Å². The SMILES string of the molecule is CC1Cc2cc(CN3CCNCC3)ccc2S1. The van der Waals surface area contributed by atoms with Crippen molar-refractivity contribution < 1.29 is 0 Å². The highest BCUT2D eigenvalue weighted by atomic mass is 32.2. The molecule has 0 radical (unpaired) electrons. The zero-order valence-corrected chi connectivity index (χ0v) is 11.2. The molecular formula is C14H20N2S. The van der Waals surface area contributed by atoms with Crippen LogP contribution < -0.4 is 5.32 Å². The average molecular weight is 248 g/mol. The Kier molecular flexibility index (Phi) is 3.41. The Hall–Kier alpha value is -0.510. The van der Waals surface area contributed by atoms with Crippen molar-refractivity contribution in [1.29, 1.82) is 0 Å². The van der Waals surface area contributed by atoms with Gasteiger partial charge in [-0.15, -0.1) is 11.8 Å². The summed E-state index contributed by atoms with van der Waals surface area (Å²) in [6.45, 7) is 8.08. The molecule has 3 rings (SSSR count). The fourth-order valence-electron chi connectivity index (χ4n) is 2.70. The second-order valence-corrected chi connectivity index (χ2v) is 6.58. The first kappa shape index (κ1) is 11.6. The highest BCUT2D eigenvalue weighted by Gasteiger charge is 2.19. The molecule has 0 aliphatic carbocycles. The number of thioether (sulfide) groups is 1. The zero-order chi connectivity index (χ0) is 11.7. The topological polar surface area (TPSA) is 15.3 Å². The molecule has 1 aromatic carbocycles. The van der Waals surface area contributed by atoms with E-state index in [-0.39, 0.29) is 0 Å². The monoisotopic (exact) mass is 248 g/mol. The van der Waals surface area contributed by atoms with Gasteiger partial charge >= 0.3 is 0 Å². The molecular weight excluding hydrogens is 228 g/mol. The summed E-state index contributed by atoms with van der Waals surface area (Å²) in [5, 5.41) is 4.17. The third-order valence-electron chi connectivity index (χ3n) is 3.58.